The van der Waals surface area contributed by atoms with E-state index < -0.39 is 5.82 Å². The second-order valence-corrected chi connectivity index (χ2v) is 3.98. The molecule has 0 saturated carbocycles. The summed E-state index contributed by atoms with van der Waals surface area (Å²) < 4.78 is 20.4. The van der Waals surface area contributed by atoms with Gasteiger partial charge in [-0.15, -0.1) is 0 Å². The zero-order chi connectivity index (χ0) is 12.6. The summed E-state index contributed by atoms with van der Waals surface area (Å²) in [5.74, 6) is 0.0186. The van der Waals surface area contributed by atoms with E-state index in [0.29, 0.717) is 16.5 Å². The molecule has 0 spiro atoms. The van der Waals surface area contributed by atoms with Crippen molar-refractivity contribution < 1.29 is 9.13 Å². The molecular weight excluding hydrogens is 245 g/mol. The largest absolute Gasteiger partial charge is 0.494 e. The minimum absolute atomic E-state index is 0.0803. The van der Waals surface area contributed by atoms with E-state index in [0.717, 1.165) is 0 Å². The van der Waals surface area contributed by atoms with Crippen molar-refractivity contribution in [3.8, 4) is 17.0 Å². The van der Waals surface area contributed by atoms with Crippen molar-refractivity contribution >= 4 is 17.4 Å². The number of nitrogen functional groups attached to an aromatic ring is 1. The van der Waals surface area contributed by atoms with Crippen LogP contribution in [0.1, 0.15) is 0 Å². The van der Waals surface area contributed by atoms with Crippen molar-refractivity contribution in [2.75, 3.05) is 12.8 Å². The number of ether oxygens (including phenoxy) is 1. The number of aromatic nitrogens is 2. The fraction of sp³-hybridized carbons (Fsp3) is 0.182. The zero-order valence-corrected chi connectivity index (χ0v) is 10.1. The molecule has 0 amide bonds. The van der Waals surface area contributed by atoms with Crippen LogP contribution in [0.5, 0.6) is 5.75 Å². The molecule has 0 aliphatic carbocycles. The van der Waals surface area contributed by atoms with Crippen molar-refractivity contribution in [3.05, 3.63) is 29.0 Å². The summed E-state index contributed by atoms with van der Waals surface area (Å²) in [4.78, 5) is 0. The molecule has 0 atom stereocenters. The van der Waals surface area contributed by atoms with Gasteiger partial charge < -0.3 is 10.5 Å². The van der Waals surface area contributed by atoms with Crippen molar-refractivity contribution in [2.24, 2.45) is 7.05 Å². The molecule has 0 fully saturated rings. The molecule has 90 valence electrons. The van der Waals surface area contributed by atoms with Crippen molar-refractivity contribution in [1.29, 1.82) is 0 Å². The fourth-order valence-electron chi connectivity index (χ4n) is 1.51. The Morgan fingerprint density at radius 1 is 1.41 bits per heavy atom. The van der Waals surface area contributed by atoms with Crippen LogP contribution >= 0.6 is 11.6 Å². The SMILES string of the molecule is COc1cc(Cl)cc(-c2cc(N)n(C)n2)c1F. The molecule has 2 rings (SSSR count). The fourth-order valence-corrected chi connectivity index (χ4v) is 1.72. The van der Waals surface area contributed by atoms with Crippen LogP contribution in [0.15, 0.2) is 18.2 Å². The molecule has 0 aliphatic rings. The number of nitrogens with two attached hydrogens (primary N) is 1. The Morgan fingerprint density at radius 3 is 2.65 bits per heavy atom. The molecule has 0 bridgehead atoms. The summed E-state index contributed by atoms with van der Waals surface area (Å²) in [5, 5.41) is 4.47. The maximum atomic E-state index is 14.0. The first kappa shape index (κ1) is 11.7. The van der Waals surface area contributed by atoms with E-state index >= 15 is 0 Å². The topological polar surface area (TPSA) is 53.1 Å². The van der Waals surface area contributed by atoms with Crippen molar-refractivity contribution in [3.63, 3.8) is 0 Å². The highest BCUT2D eigenvalue weighted by atomic mass is 35.5. The van der Waals surface area contributed by atoms with Crippen LogP contribution < -0.4 is 10.5 Å². The molecule has 4 nitrogen and oxygen atoms in total. The number of rotatable bonds is 2. The van der Waals surface area contributed by atoms with Gasteiger partial charge in [0, 0.05) is 29.8 Å². The number of nitrogens with zero attached hydrogens (tertiary/aromatic N) is 2. The van der Waals surface area contributed by atoms with Gasteiger partial charge in [0.05, 0.1) is 12.8 Å². The van der Waals surface area contributed by atoms with Gasteiger partial charge in [0.25, 0.3) is 0 Å². The number of benzene rings is 1. The lowest BCUT2D eigenvalue weighted by Crippen LogP contribution is -1.97. The van der Waals surface area contributed by atoms with E-state index in [1.54, 1.807) is 13.1 Å². The van der Waals surface area contributed by atoms with E-state index in [1.165, 1.54) is 23.9 Å². The Labute approximate surface area is 103 Å². The van der Waals surface area contributed by atoms with E-state index in [1.807, 2.05) is 0 Å². The first-order valence-electron chi connectivity index (χ1n) is 4.86. The summed E-state index contributed by atoms with van der Waals surface area (Å²) in [6.07, 6.45) is 0. The Bertz CT molecular complexity index is 549. The second-order valence-electron chi connectivity index (χ2n) is 3.55. The number of aryl methyl sites for hydroxylation is 1. The Kier molecular flexibility index (Phi) is 2.93. The monoisotopic (exact) mass is 255 g/mol. The van der Waals surface area contributed by atoms with Crippen LogP contribution in [0.4, 0.5) is 10.2 Å². The molecule has 0 aliphatic heterocycles. The zero-order valence-electron chi connectivity index (χ0n) is 9.37. The van der Waals surface area contributed by atoms with Crippen molar-refractivity contribution in [2.45, 2.75) is 0 Å². The number of halogens is 2. The second kappa shape index (κ2) is 4.25. The molecule has 0 radical (unpaired) electrons. The van der Waals surface area contributed by atoms with Gasteiger partial charge in [-0.2, -0.15) is 5.10 Å². The molecular formula is C11H11ClFN3O. The van der Waals surface area contributed by atoms with Crippen LogP contribution in [0.25, 0.3) is 11.3 Å². The van der Waals surface area contributed by atoms with Crippen LogP contribution in [0.3, 0.4) is 0 Å². The normalized spacial score (nSPS) is 10.6. The Balaban J connectivity index is 2.62. The number of anilines is 1. The highest BCUT2D eigenvalue weighted by Crippen LogP contribution is 2.32. The van der Waals surface area contributed by atoms with Gasteiger partial charge in [-0.3, -0.25) is 4.68 Å². The van der Waals surface area contributed by atoms with E-state index in [2.05, 4.69) is 5.10 Å². The lowest BCUT2D eigenvalue weighted by atomic mass is 10.1. The number of methoxy groups -OCH3 is 1. The van der Waals surface area contributed by atoms with E-state index in [4.69, 9.17) is 22.1 Å². The highest BCUT2D eigenvalue weighted by Gasteiger charge is 2.15. The smallest absolute Gasteiger partial charge is 0.174 e. The molecule has 1 aromatic heterocycles. The lowest BCUT2D eigenvalue weighted by Gasteiger charge is -2.06. The van der Waals surface area contributed by atoms with E-state index in [9.17, 15) is 4.39 Å². The van der Waals surface area contributed by atoms with Crippen LogP contribution in [0.2, 0.25) is 5.02 Å². The summed E-state index contributed by atoms with van der Waals surface area (Å²) in [6, 6.07) is 4.47. The average Bonchev–Trinajstić information content (AvgIpc) is 2.62. The standard InChI is InChI=1S/C11H11ClFN3O/c1-16-10(14)5-8(15-16)7-3-6(12)4-9(17-2)11(7)13/h3-5H,14H2,1-2H3. The van der Waals surface area contributed by atoms with Gasteiger partial charge in [0.1, 0.15) is 5.82 Å². The maximum absolute atomic E-state index is 14.0. The summed E-state index contributed by atoms with van der Waals surface area (Å²) >= 11 is 5.88. The molecule has 0 saturated heterocycles. The van der Waals surface area contributed by atoms with Gasteiger partial charge in [-0.1, -0.05) is 11.6 Å². The molecule has 2 N–H and O–H groups in total. The van der Waals surface area contributed by atoms with Gasteiger partial charge >= 0.3 is 0 Å². The lowest BCUT2D eigenvalue weighted by molar-refractivity contribution is 0.387. The summed E-state index contributed by atoms with van der Waals surface area (Å²) in [5.41, 5.74) is 6.34. The van der Waals surface area contributed by atoms with Gasteiger partial charge in [-0.05, 0) is 6.07 Å². The summed E-state index contributed by atoms with van der Waals surface area (Å²) in [7, 11) is 3.06. The molecule has 2 aromatic rings. The third kappa shape index (κ3) is 2.06. The third-order valence-corrected chi connectivity index (χ3v) is 2.63. The predicted molar refractivity (Wildman–Crippen MR) is 64.6 cm³/mol. The first-order chi connectivity index (χ1) is 8.02. The van der Waals surface area contributed by atoms with Crippen molar-refractivity contribution in [1.82, 2.24) is 9.78 Å². The highest BCUT2D eigenvalue weighted by molar-refractivity contribution is 6.31. The third-order valence-electron chi connectivity index (χ3n) is 2.42. The maximum Gasteiger partial charge on any atom is 0.174 e. The quantitative estimate of drug-likeness (QED) is 0.897. The minimum atomic E-state index is -0.505. The minimum Gasteiger partial charge on any atom is -0.494 e. The Morgan fingerprint density at radius 2 is 2.12 bits per heavy atom. The van der Waals surface area contributed by atoms with Crippen LogP contribution in [0, 0.1) is 5.82 Å². The van der Waals surface area contributed by atoms with Gasteiger partial charge in [-0.25, -0.2) is 4.39 Å². The van der Waals surface area contributed by atoms with Gasteiger partial charge in [0.15, 0.2) is 11.6 Å². The van der Waals surface area contributed by atoms with Crippen LogP contribution in [-0.2, 0) is 7.05 Å². The molecule has 17 heavy (non-hydrogen) atoms. The molecule has 1 heterocycles. The van der Waals surface area contributed by atoms with Gasteiger partial charge in [0.2, 0.25) is 0 Å². The Hall–Kier alpha value is -1.75. The summed E-state index contributed by atoms with van der Waals surface area (Å²) in [6.45, 7) is 0. The predicted octanol–water partition coefficient (Wildman–Crippen LogP) is 2.47. The first-order valence-corrected chi connectivity index (χ1v) is 5.23. The van der Waals surface area contributed by atoms with Crippen LogP contribution in [-0.4, -0.2) is 16.9 Å². The molecule has 1 aromatic carbocycles. The number of hydrogen-bond acceptors (Lipinski definition) is 3. The number of hydrogen-bond donors (Lipinski definition) is 1. The van der Waals surface area contributed by atoms with E-state index in [-0.39, 0.29) is 11.3 Å². The molecule has 0 unspecified atom stereocenters. The molecule has 6 heteroatoms. The average molecular weight is 256 g/mol.